The molecule has 0 saturated heterocycles. The van der Waals surface area contributed by atoms with Gasteiger partial charge in [0, 0.05) is 24.2 Å². The molecule has 0 fully saturated rings. The largest absolute Gasteiger partial charge is 0.416 e. The molecule has 4 rings (SSSR count). The van der Waals surface area contributed by atoms with Crippen molar-refractivity contribution in [1.82, 2.24) is 20.3 Å². The van der Waals surface area contributed by atoms with Gasteiger partial charge in [-0.25, -0.2) is 24.6 Å². The van der Waals surface area contributed by atoms with E-state index in [1.807, 2.05) is 0 Å². The lowest BCUT2D eigenvalue weighted by Crippen LogP contribution is -2.41. The molecule has 1 aliphatic rings. The van der Waals surface area contributed by atoms with Gasteiger partial charge in [0.2, 0.25) is 0 Å². The number of hydrazone groups is 1. The molecule has 0 aliphatic carbocycles. The molecule has 11 heteroatoms. The number of amides is 2. The molecule has 2 aromatic carbocycles. The Balaban J connectivity index is 1.46. The summed E-state index contributed by atoms with van der Waals surface area (Å²) in [5, 5.41) is 6.79. The van der Waals surface area contributed by atoms with Crippen molar-refractivity contribution in [3.63, 3.8) is 0 Å². The first-order valence-corrected chi connectivity index (χ1v) is 9.90. The first-order chi connectivity index (χ1) is 15.8. The van der Waals surface area contributed by atoms with Crippen molar-refractivity contribution in [3.8, 4) is 0 Å². The van der Waals surface area contributed by atoms with Gasteiger partial charge in [0.15, 0.2) is 0 Å². The Morgan fingerprint density at radius 2 is 1.91 bits per heavy atom. The summed E-state index contributed by atoms with van der Waals surface area (Å²) < 4.78 is 52.0. The predicted molar refractivity (Wildman–Crippen MR) is 113 cm³/mol. The maximum atomic E-state index is 13.0. The number of nitrogens with zero attached hydrogens (tertiary/aromatic N) is 4. The molecule has 3 aromatic rings. The van der Waals surface area contributed by atoms with E-state index in [0.717, 1.165) is 12.1 Å². The molecule has 33 heavy (non-hydrogen) atoms. The van der Waals surface area contributed by atoms with E-state index in [9.17, 15) is 22.4 Å². The number of halogens is 4. The molecule has 0 unspecified atom stereocenters. The van der Waals surface area contributed by atoms with Crippen LogP contribution in [0.15, 0.2) is 60.0 Å². The molecular weight excluding hydrogens is 440 g/mol. The Kier molecular flexibility index (Phi) is 6.20. The van der Waals surface area contributed by atoms with Crippen molar-refractivity contribution in [2.24, 2.45) is 5.10 Å². The van der Waals surface area contributed by atoms with E-state index in [4.69, 9.17) is 0 Å². The average molecular weight is 458 g/mol. The SMILES string of the molecule is O=C(N/N=C/c1ccc(F)cc1)N1CCc2ncnc(Nc3cccc(C(F)(F)F)c3)c2C1. The first kappa shape index (κ1) is 22.2. The van der Waals surface area contributed by atoms with Crippen LogP contribution in [0.3, 0.4) is 0 Å². The van der Waals surface area contributed by atoms with E-state index in [0.29, 0.717) is 35.6 Å². The van der Waals surface area contributed by atoms with Crippen LogP contribution in [0.5, 0.6) is 0 Å². The molecule has 0 saturated carbocycles. The second kappa shape index (κ2) is 9.23. The van der Waals surface area contributed by atoms with Gasteiger partial charge in [-0.05, 0) is 35.9 Å². The molecule has 0 atom stereocenters. The van der Waals surface area contributed by atoms with Crippen molar-refractivity contribution < 1.29 is 22.4 Å². The predicted octanol–water partition coefficient (Wildman–Crippen LogP) is 4.48. The summed E-state index contributed by atoms with van der Waals surface area (Å²) >= 11 is 0. The number of aromatic nitrogens is 2. The van der Waals surface area contributed by atoms with Crippen molar-refractivity contribution in [2.75, 3.05) is 11.9 Å². The lowest BCUT2D eigenvalue weighted by Gasteiger charge is -2.28. The maximum Gasteiger partial charge on any atom is 0.416 e. The number of urea groups is 1. The van der Waals surface area contributed by atoms with Gasteiger partial charge in [0.25, 0.3) is 0 Å². The van der Waals surface area contributed by atoms with Crippen LogP contribution in [0, 0.1) is 5.82 Å². The van der Waals surface area contributed by atoms with Crippen LogP contribution in [0.4, 0.5) is 33.9 Å². The minimum absolute atomic E-state index is 0.148. The molecule has 2 heterocycles. The Labute approximate surface area is 186 Å². The number of alkyl halides is 3. The fourth-order valence-corrected chi connectivity index (χ4v) is 3.31. The van der Waals surface area contributed by atoms with E-state index in [1.165, 1.54) is 53.8 Å². The number of fused-ring (bicyclic) bond motifs is 1. The summed E-state index contributed by atoms with van der Waals surface area (Å²) in [5.41, 5.74) is 3.78. The minimum atomic E-state index is -4.47. The molecule has 0 radical (unpaired) electrons. The molecule has 2 amide bonds. The van der Waals surface area contributed by atoms with Crippen LogP contribution < -0.4 is 10.7 Å². The van der Waals surface area contributed by atoms with E-state index in [2.05, 4.69) is 25.8 Å². The van der Waals surface area contributed by atoms with Gasteiger partial charge in [-0.2, -0.15) is 18.3 Å². The number of benzene rings is 2. The first-order valence-electron chi connectivity index (χ1n) is 9.90. The lowest BCUT2D eigenvalue weighted by molar-refractivity contribution is -0.137. The zero-order chi connectivity index (χ0) is 23.4. The highest BCUT2D eigenvalue weighted by molar-refractivity contribution is 5.82. The highest BCUT2D eigenvalue weighted by Gasteiger charge is 2.30. The molecule has 7 nitrogen and oxygen atoms in total. The third-order valence-electron chi connectivity index (χ3n) is 4.99. The van der Waals surface area contributed by atoms with Crippen LogP contribution in [0.2, 0.25) is 0 Å². The summed E-state index contributed by atoms with van der Waals surface area (Å²) in [7, 11) is 0. The molecule has 0 spiro atoms. The number of carbonyl (C=O) groups is 1. The van der Waals surface area contributed by atoms with Crippen molar-refractivity contribution in [2.45, 2.75) is 19.1 Å². The topological polar surface area (TPSA) is 82.5 Å². The third kappa shape index (κ3) is 5.43. The van der Waals surface area contributed by atoms with Crippen LogP contribution >= 0.6 is 0 Å². The fraction of sp³-hybridized carbons (Fsp3) is 0.182. The van der Waals surface area contributed by atoms with Gasteiger partial charge in [-0.1, -0.05) is 18.2 Å². The van der Waals surface area contributed by atoms with Crippen LogP contribution in [0.25, 0.3) is 0 Å². The highest BCUT2D eigenvalue weighted by atomic mass is 19.4. The number of anilines is 2. The van der Waals surface area contributed by atoms with Gasteiger partial charge in [0.05, 0.1) is 24.0 Å². The van der Waals surface area contributed by atoms with Crippen molar-refractivity contribution in [1.29, 1.82) is 0 Å². The van der Waals surface area contributed by atoms with Gasteiger partial charge < -0.3 is 10.2 Å². The van der Waals surface area contributed by atoms with Crippen LogP contribution in [-0.2, 0) is 19.1 Å². The Bertz CT molecular complexity index is 1180. The number of nitrogens with one attached hydrogen (secondary N) is 2. The summed E-state index contributed by atoms with van der Waals surface area (Å²) in [6, 6.07) is 9.92. The molecule has 1 aromatic heterocycles. The average Bonchev–Trinajstić information content (AvgIpc) is 2.80. The fourth-order valence-electron chi connectivity index (χ4n) is 3.31. The van der Waals surface area contributed by atoms with Crippen molar-refractivity contribution in [3.05, 3.63) is 83.1 Å². The van der Waals surface area contributed by atoms with E-state index >= 15 is 0 Å². The van der Waals surface area contributed by atoms with Gasteiger partial charge >= 0.3 is 12.2 Å². The second-order valence-electron chi connectivity index (χ2n) is 7.25. The Morgan fingerprint density at radius 1 is 1.12 bits per heavy atom. The normalized spacial score (nSPS) is 13.6. The number of rotatable bonds is 4. The Hall–Kier alpha value is -4.02. The molecule has 0 bridgehead atoms. The van der Waals surface area contributed by atoms with Crippen molar-refractivity contribution >= 4 is 23.8 Å². The zero-order valence-electron chi connectivity index (χ0n) is 17.1. The highest BCUT2D eigenvalue weighted by Crippen LogP contribution is 2.32. The van der Waals surface area contributed by atoms with Crippen LogP contribution in [0.1, 0.15) is 22.4 Å². The standard InChI is InChI=1S/C22H18F4N6O/c23-16-6-4-14(5-7-16)11-29-31-21(33)32-9-8-19-18(12-32)20(28-13-27-19)30-17-3-1-2-15(10-17)22(24,25)26/h1-7,10-11,13H,8-9,12H2,(H,31,33)(H,27,28,30)/b29-11+. The van der Waals surface area contributed by atoms with E-state index in [-0.39, 0.29) is 18.0 Å². The number of hydrogen-bond acceptors (Lipinski definition) is 5. The minimum Gasteiger partial charge on any atom is -0.340 e. The number of carbonyl (C=O) groups excluding carboxylic acids is 1. The monoisotopic (exact) mass is 458 g/mol. The molecule has 1 aliphatic heterocycles. The smallest absolute Gasteiger partial charge is 0.340 e. The number of hydrogen-bond donors (Lipinski definition) is 2. The van der Waals surface area contributed by atoms with Gasteiger partial charge in [0.1, 0.15) is 18.0 Å². The second-order valence-corrected chi connectivity index (χ2v) is 7.25. The quantitative estimate of drug-likeness (QED) is 0.343. The zero-order valence-corrected chi connectivity index (χ0v) is 17.1. The van der Waals surface area contributed by atoms with E-state index in [1.54, 1.807) is 0 Å². The summed E-state index contributed by atoms with van der Waals surface area (Å²) in [4.78, 5) is 22.4. The molecule has 170 valence electrons. The summed E-state index contributed by atoms with van der Waals surface area (Å²) in [6.07, 6.45) is -1.30. The van der Waals surface area contributed by atoms with Crippen LogP contribution in [-0.4, -0.2) is 33.7 Å². The molecule has 2 N–H and O–H groups in total. The van der Waals surface area contributed by atoms with Gasteiger partial charge in [-0.3, -0.25) is 0 Å². The summed E-state index contributed by atoms with van der Waals surface area (Å²) in [5.74, 6) is -0.0495. The Morgan fingerprint density at radius 3 is 2.67 bits per heavy atom. The summed E-state index contributed by atoms with van der Waals surface area (Å²) in [6.45, 7) is 0.528. The maximum absolute atomic E-state index is 13.0. The van der Waals surface area contributed by atoms with E-state index < -0.39 is 17.8 Å². The third-order valence-corrected chi connectivity index (χ3v) is 4.99. The van der Waals surface area contributed by atoms with Gasteiger partial charge in [-0.15, -0.1) is 0 Å². The lowest BCUT2D eigenvalue weighted by atomic mass is 10.1. The molecular formula is C22H18F4N6O.